The molecule has 3 aromatic rings. The van der Waals surface area contributed by atoms with Gasteiger partial charge in [0, 0.05) is 29.7 Å². The summed E-state index contributed by atoms with van der Waals surface area (Å²) in [7, 11) is 1.91. The molecule has 2 aromatic carbocycles. The zero-order chi connectivity index (χ0) is 16.9. The normalized spacial score (nSPS) is 10.2. The number of aromatic nitrogens is 2. The Morgan fingerprint density at radius 2 is 1.79 bits per heavy atom. The highest BCUT2D eigenvalue weighted by Crippen LogP contribution is 2.25. The SMILES string of the molecule is CN(c1cncnc1)c1cccc(NC(=O)c2cccc(N)c2)c1. The van der Waals surface area contributed by atoms with Crippen LogP contribution in [0.2, 0.25) is 0 Å². The molecular weight excluding hydrogens is 302 g/mol. The quantitative estimate of drug-likeness (QED) is 0.722. The summed E-state index contributed by atoms with van der Waals surface area (Å²) in [5.41, 5.74) is 9.26. The van der Waals surface area contributed by atoms with Crippen LogP contribution in [0.5, 0.6) is 0 Å². The Balaban J connectivity index is 1.79. The standard InChI is InChI=1S/C18H17N5O/c1-23(17-10-20-12-21-11-17)16-7-3-6-15(9-16)22-18(24)13-4-2-5-14(19)8-13/h2-12H,19H2,1H3,(H,22,24). The summed E-state index contributed by atoms with van der Waals surface area (Å²) < 4.78 is 0. The molecule has 6 heteroatoms. The van der Waals surface area contributed by atoms with E-state index in [1.165, 1.54) is 6.33 Å². The van der Waals surface area contributed by atoms with Gasteiger partial charge in [-0.3, -0.25) is 4.79 Å². The number of amides is 1. The minimum absolute atomic E-state index is 0.204. The number of hydrogen-bond donors (Lipinski definition) is 2. The summed E-state index contributed by atoms with van der Waals surface area (Å²) >= 11 is 0. The number of anilines is 4. The fourth-order valence-corrected chi connectivity index (χ4v) is 2.29. The monoisotopic (exact) mass is 319 g/mol. The van der Waals surface area contributed by atoms with Crippen LogP contribution in [0.4, 0.5) is 22.7 Å². The maximum atomic E-state index is 12.3. The molecule has 0 aliphatic heterocycles. The molecule has 1 amide bonds. The Labute approximate surface area is 140 Å². The first-order chi connectivity index (χ1) is 11.6. The molecule has 6 nitrogen and oxygen atoms in total. The molecule has 0 fully saturated rings. The smallest absolute Gasteiger partial charge is 0.255 e. The van der Waals surface area contributed by atoms with Crippen LogP contribution >= 0.6 is 0 Å². The van der Waals surface area contributed by atoms with Crippen molar-refractivity contribution in [1.29, 1.82) is 0 Å². The largest absolute Gasteiger partial charge is 0.399 e. The van der Waals surface area contributed by atoms with Gasteiger partial charge in [0.25, 0.3) is 5.91 Å². The van der Waals surface area contributed by atoms with Gasteiger partial charge in [-0.15, -0.1) is 0 Å². The van der Waals surface area contributed by atoms with Crippen molar-refractivity contribution in [2.75, 3.05) is 23.0 Å². The number of nitrogen functional groups attached to an aromatic ring is 1. The lowest BCUT2D eigenvalue weighted by molar-refractivity contribution is 0.102. The molecule has 120 valence electrons. The predicted molar refractivity (Wildman–Crippen MR) is 95.3 cm³/mol. The van der Waals surface area contributed by atoms with Gasteiger partial charge < -0.3 is 16.0 Å². The van der Waals surface area contributed by atoms with Gasteiger partial charge in [-0.25, -0.2) is 9.97 Å². The number of nitrogens with one attached hydrogen (secondary N) is 1. The molecule has 0 aliphatic carbocycles. The second-order valence-corrected chi connectivity index (χ2v) is 5.29. The fraction of sp³-hybridized carbons (Fsp3) is 0.0556. The molecule has 0 aliphatic rings. The first kappa shape index (κ1) is 15.5. The highest BCUT2D eigenvalue weighted by atomic mass is 16.1. The minimum Gasteiger partial charge on any atom is -0.399 e. The topological polar surface area (TPSA) is 84.1 Å². The number of rotatable bonds is 4. The summed E-state index contributed by atoms with van der Waals surface area (Å²) in [6.45, 7) is 0. The number of benzene rings is 2. The Morgan fingerprint density at radius 3 is 2.54 bits per heavy atom. The van der Waals surface area contributed by atoms with E-state index in [2.05, 4.69) is 15.3 Å². The lowest BCUT2D eigenvalue weighted by Gasteiger charge is -2.19. The van der Waals surface area contributed by atoms with Crippen LogP contribution < -0.4 is 16.0 Å². The molecular formula is C18H17N5O. The van der Waals surface area contributed by atoms with Gasteiger partial charge in [0.2, 0.25) is 0 Å². The van der Waals surface area contributed by atoms with Crippen LogP contribution in [-0.2, 0) is 0 Å². The molecule has 0 bridgehead atoms. The lowest BCUT2D eigenvalue weighted by atomic mass is 10.2. The third kappa shape index (κ3) is 3.49. The summed E-state index contributed by atoms with van der Waals surface area (Å²) in [4.78, 5) is 22.3. The van der Waals surface area contributed by atoms with Gasteiger partial charge in [0.15, 0.2) is 0 Å². The molecule has 0 unspecified atom stereocenters. The first-order valence-electron chi connectivity index (χ1n) is 7.39. The Hall–Kier alpha value is -3.41. The number of nitrogens with two attached hydrogens (primary N) is 1. The van der Waals surface area contributed by atoms with Crippen LogP contribution in [0.25, 0.3) is 0 Å². The molecule has 0 saturated heterocycles. The third-order valence-electron chi connectivity index (χ3n) is 3.57. The van der Waals surface area contributed by atoms with Crippen molar-refractivity contribution >= 4 is 28.7 Å². The maximum Gasteiger partial charge on any atom is 0.255 e. The van der Waals surface area contributed by atoms with Crippen LogP contribution in [0.15, 0.2) is 67.3 Å². The minimum atomic E-state index is -0.204. The maximum absolute atomic E-state index is 12.3. The van der Waals surface area contributed by atoms with E-state index in [1.54, 1.807) is 36.7 Å². The van der Waals surface area contributed by atoms with E-state index in [0.29, 0.717) is 16.9 Å². The van der Waals surface area contributed by atoms with Crippen LogP contribution in [0, 0.1) is 0 Å². The van der Waals surface area contributed by atoms with E-state index >= 15 is 0 Å². The highest BCUT2D eigenvalue weighted by molar-refractivity contribution is 6.05. The summed E-state index contributed by atoms with van der Waals surface area (Å²) in [6, 6.07) is 14.4. The van der Waals surface area contributed by atoms with Gasteiger partial charge >= 0.3 is 0 Å². The molecule has 0 saturated carbocycles. The zero-order valence-corrected chi connectivity index (χ0v) is 13.2. The molecule has 1 heterocycles. The third-order valence-corrected chi connectivity index (χ3v) is 3.57. The Kier molecular flexibility index (Phi) is 4.38. The van der Waals surface area contributed by atoms with Crippen molar-refractivity contribution in [1.82, 2.24) is 9.97 Å². The van der Waals surface area contributed by atoms with Crippen molar-refractivity contribution in [3.05, 3.63) is 72.8 Å². The summed E-state index contributed by atoms with van der Waals surface area (Å²) in [5.74, 6) is -0.204. The van der Waals surface area contributed by atoms with Crippen molar-refractivity contribution in [3.63, 3.8) is 0 Å². The number of carbonyl (C=O) groups is 1. The van der Waals surface area contributed by atoms with E-state index in [-0.39, 0.29) is 5.91 Å². The van der Waals surface area contributed by atoms with Gasteiger partial charge in [-0.1, -0.05) is 12.1 Å². The Bertz CT molecular complexity index is 851. The van der Waals surface area contributed by atoms with Crippen LogP contribution in [-0.4, -0.2) is 22.9 Å². The van der Waals surface area contributed by atoms with E-state index in [1.807, 2.05) is 36.2 Å². The van der Waals surface area contributed by atoms with Crippen molar-refractivity contribution in [2.45, 2.75) is 0 Å². The highest BCUT2D eigenvalue weighted by Gasteiger charge is 2.09. The average Bonchev–Trinajstić information content (AvgIpc) is 2.62. The first-order valence-corrected chi connectivity index (χ1v) is 7.39. The van der Waals surface area contributed by atoms with Crippen LogP contribution in [0.1, 0.15) is 10.4 Å². The van der Waals surface area contributed by atoms with E-state index < -0.39 is 0 Å². The molecule has 3 rings (SSSR count). The average molecular weight is 319 g/mol. The number of carbonyl (C=O) groups excluding carboxylic acids is 1. The van der Waals surface area contributed by atoms with E-state index in [4.69, 9.17) is 5.73 Å². The second kappa shape index (κ2) is 6.78. The number of hydrogen-bond acceptors (Lipinski definition) is 5. The molecule has 0 spiro atoms. The van der Waals surface area contributed by atoms with Crippen LogP contribution in [0.3, 0.4) is 0 Å². The van der Waals surface area contributed by atoms with Gasteiger partial charge in [0.05, 0.1) is 18.1 Å². The fourth-order valence-electron chi connectivity index (χ4n) is 2.29. The molecule has 0 radical (unpaired) electrons. The number of nitrogens with zero attached hydrogens (tertiary/aromatic N) is 3. The summed E-state index contributed by atoms with van der Waals surface area (Å²) in [5, 5.41) is 2.88. The van der Waals surface area contributed by atoms with Crippen molar-refractivity contribution in [2.24, 2.45) is 0 Å². The van der Waals surface area contributed by atoms with E-state index in [9.17, 15) is 4.79 Å². The second-order valence-electron chi connectivity index (χ2n) is 5.29. The van der Waals surface area contributed by atoms with Gasteiger partial charge in [-0.05, 0) is 36.4 Å². The predicted octanol–water partition coefficient (Wildman–Crippen LogP) is 3.08. The molecule has 1 aromatic heterocycles. The van der Waals surface area contributed by atoms with Gasteiger partial charge in [-0.2, -0.15) is 0 Å². The molecule has 0 atom stereocenters. The summed E-state index contributed by atoms with van der Waals surface area (Å²) in [6.07, 6.45) is 4.94. The molecule has 24 heavy (non-hydrogen) atoms. The zero-order valence-electron chi connectivity index (χ0n) is 13.2. The lowest BCUT2D eigenvalue weighted by Crippen LogP contribution is -2.14. The molecule has 3 N–H and O–H groups in total. The van der Waals surface area contributed by atoms with Crippen molar-refractivity contribution < 1.29 is 4.79 Å². The van der Waals surface area contributed by atoms with E-state index in [0.717, 1.165) is 11.4 Å². The van der Waals surface area contributed by atoms with Gasteiger partial charge in [0.1, 0.15) is 6.33 Å². The Morgan fingerprint density at radius 1 is 1.04 bits per heavy atom. The van der Waals surface area contributed by atoms with Crippen molar-refractivity contribution in [3.8, 4) is 0 Å².